The number of rotatable bonds is 35. The van der Waals surface area contributed by atoms with Crippen LogP contribution < -0.4 is 29.6 Å². The third-order valence-electron chi connectivity index (χ3n) is 9.18. The molecule has 0 saturated heterocycles. The molecule has 2 atom stereocenters. The summed E-state index contributed by atoms with van der Waals surface area (Å²) in [5.41, 5.74) is 0. The molecular formula is C40H75NaO8. The Labute approximate surface area is 323 Å². The van der Waals surface area contributed by atoms with Crippen molar-refractivity contribution in [3.63, 3.8) is 0 Å². The van der Waals surface area contributed by atoms with Gasteiger partial charge in [0.1, 0.15) is 0 Å². The van der Waals surface area contributed by atoms with Crippen molar-refractivity contribution in [3.8, 4) is 0 Å². The zero-order valence-electron chi connectivity index (χ0n) is 33.1. The standard InChI is InChI=1S/C40H74O8.Na.H/c1-3-5-7-9-11-13-15-17-19-21-23-25-27-29-31-33-35(41)47-39(45)37(43)38(44)40(46)48-36(42)34-32-30-28-26-24-22-20-18-16-14-12-10-8-6-4-2;;/h37-38,43-44H,3-34H2,1-2H3;;/q;+1;-1. The first-order valence-electron chi connectivity index (χ1n) is 20.2. The molecule has 0 heterocycles. The smallest absolute Gasteiger partial charge is 1.00 e. The number of hydrogen-bond donors (Lipinski definition) is 2. The molecule has 0 spiro atoms. The van der Waals surface area contributed by atoms with E-state index in [0.29, 0.717) is 12.8 Å². The topological polar surface area (TPSA) is 127 Å². The zero-order chi connectivity index (χ0) is 35.5. The monoisotopic (exact) mass is 707 g/mol. The van der Waals surface area contributed by atoms with Gasteiger partial charge in [-0.25, -0.2) is 9.59 Å². The van der Waals surface area contributed by atoms with Crippen LogP contribution in [0.4, 0.5) is 0 Å². The maximum atomic E-state index is 12.0. The molecule has 0 fully saturated rings. The number of ether oxygens (including phenoxy) is 2. The number of esters is 4. The fraction of sp³-hybridized carbons (Fsp3) is 0.900. The Hall–Kier alpha value is -0.800. The van der Waals surface area contributed by atoms with Crippen LogP contribution in [0.5, 0.6) is 0 Å². The zero-order valence-corrected chi connectivity index (χ0v) is 34.1. The third-order valence-corrected chi connectivity index (χ3v) is 9.18. The van der Waals surface area contributed by atoms with Crippen molar-refractivity contribution in [2.24, 2.45) is 0 Å². The van der Waals surface area contributed by atoms with Crippen LogP contribution in [-0.4, -0.2) is 46.3 Å². The van der Waals surface area contributed by atoms with Gasteiger partial charge in [0.25, 0.3) is 0 Å². The summed E-state index contributed by atoms with van der Waals surface area (Å²) in [5.74, 6) is -4.50. The molecule has 0 aliphatic carbocycles. The third kappa shape index (κ3) is 34.1. The van der Waals surface area contributed by atoms with Gasteiger partial charge in [-0.05, 0) is 12.8 Å². The van der Waals surface area contributed by atoms with Crippen LogP contribution in [0, 0.1) is 0 Å². The Bertz CT molecular complexity index is 733. The summed E-state index contributed by atoms with van der Waals surface area (Å²) in [6, 6.07) is 0. The number of aliphatic hydroxyl groups excluding tert-OH is 2. The summed E-state index contributed by atoms with van der Waals surface area (Å²) >= 11 is 0. The average molecular weight is 707 g/mol. The van der Waals surface area contributed by atoms with E-state index < -0.39 is 36.1 Å². The molecule has 9 heteroatoms. The Balaban J connectivity index is -0.0000110. The summed E-state index contributed by atoms with van der Waals surface area (Å²) in [5, 5.41) is 19.9. The summed E-state index contributed by atoms with van der Waals surface area (Å²) < 4.78 is 9.17. The van der Waals surface area contributed by atoms with Gasteiger partial charge in [0.15, 0.2) is 12.2 Å². The molecule has 0 rings (SSSR count). The van der Waals surface area contributed by atoms with Crippen molar-refractivity contribution >= 4 is 23.9 Å². The van der Waals surface area contributed by atoms with Crippen LogP contribution in [0.15, 0.2) is 0 Å². The van der Waals surface area contributed by atoms with E-state index in [0.717, 1.165) is 38.5 Å². The Kier molecular flexibility index (Phi) is 39.5. The number of unbranched alkanes of at least 4 members (excludes halogenated alkanes) is 28. The van der Waals surface area contributed by atoms with Crippen LogP contribution >= 0.6 is 0 Å². The van der Waals surface area contributed by atoms with E-state index in [-0.39, 0.29) is 43.8 Å². The molecule has 2 N–H and O–H groups in total. The molecule has 0 aliphatic rings. The summed E-state index contributed by atoms with van der Waals surface area (Å²) in [7, 11) is 0. The Morgan fingerprint density at radius 2 is 0.571 bits per heavy atom. The molecule has 2 unspecified atom stereocenters. The quantitative estimate of drug-likeness (QED) is 0.0301. The first-order valence-corrected chi connectivity index (χ1v) is 20.2. The van der Waals surface area contributed by atoms with E-state index >= 15 is 0 Å². The number of hydrogen-bond acceptors (Lipinski definition) is 8. The minimum Gasteiger partial charge on any atom is -1.00 e. The molecule has 49 heavy (non-hydrogen) atoms. The molecule has 0 bridgehead atoms. The van der Waals surface area contributed by atoms with E-state index in [4.69, 9.17) is 0 Å². The molecule has 0 aliphatic heterocycles. The molecular weight excluding hydrogens is 631 g/mol. The van der Waals surface area contributed by atoms with Gasteiger partial charge in [-0.15, -0.1) is 0 Å². The van der Waals surface area contributed by atoms with Gasteiger partial charge in [0.05, 0.1) is 0 Å². The van der Waals surface area contributed by atoms with Gasteiger partial charge in [-0.2, -0.15) is 0 Å². The Morgan fingerprint density at radius 3 is 0.776 bits per heavy atom. The summed E-state index contributed by atoms with van der Waals surface area (Å²) in [6.07, 6.45) is 31.3. The summed E-state index contributed by atoms with van der Waals surface area (Å²) in [4.78, 5) is 48.0. The predicted octanol–water partition coefficient (Wildman–Crippen LogP) is 7.49. The van der Waals surface area contributed by atoms with E-state index in [1.165, 1.54) is 141 Å². The largest absolute Gasteiger partial charge is 1.00 e. The van der Waals surface area contributed by atoms with E-state index in [1.807, 2.05) is 0 Å². The van der Waals surface area contributed by atoms with Crippen LogP contribution in [0.3, 0.4) is 0 Å². The molecule has 0 amide bonds. The Morgan fingerprint density at radius 1 is 0.388 bits per heavy atom. The van der Waals surface area contributed by atoms with Crippen molar-refractivity contribution in [2.75, 3.05) is 0 Å². The molecule has 0 saturated carbocycles. The number of carbonyl (C=O) groups is 4. The molecule has 0 aromatic heterocycles. The normalized spacial score (nSPS) is 12.2. The van der Waals surface area contributed by atoms with Gasteiger partial charge in [0, 0.05) is 12.8 Å². The minimum atomic E-state index is -2.30. The number of carbonyl (C=O) groups excluding carboxylic acids is 4. The van der Waals surface area contributed by atoms with Crippen LogP contribution in [0.1, 0.15) is 221 Å². The van der Waals surface area contributed by atoms with Crippen molar-refractivity contribution < 1.29 is 69.8 Å². The van der Waals surface area contributed by atoms with Crippen molar-refractivity contribution in [3.05, 3.63) is 0 Å². The van der Waals surface area contributed by atoms with E-state index in [9.17, 15) is 29.4 Å². The van der Waals surface area contributed by atoms with Gasteiger partial charge in [-0.3, -0.25) is 9.59 Å². The minimum absolute atomic E-state index is 0. The van der Waals surface area contributed by atoms with Crippen molar-refractivity contribution in [1.82, 2.24) is 0 Å². The van der Waals surface area contributed by atoms with E-state index in [2.05, 4.69) is 23.3 Å². The SMILES string of the molecule is CCCCCCCCCCCCCCCCCC(=O)OC(=O)C(O)C(O)C(=O)OC(=O)CCCCCCCCCCCCCCCCC.[H-].[Na+]. The predicted molar refractivity (Wildman–Crippen MR) is 194 cm³/mol. The first-order chi connectivity index (χ1) is 23.3. The average Bonchev–Trinajstić information content (AvgIpc) is 3.07. The molecule has 8 nitrogen and oxygen atoms in total. The first kappa shape index (κ1) is 50.3. The summed E-state index contributed by atoms with van der Waals surface area (Å²) in [6.45, 7) is 4.49. The van der Waals surface area contributed by atoms with Crippen molar-refractivity contribution in [1.29, 1.82) is 0 Å². The van der Waals surface area contributed by atoms with Gasteiger partial charge in [0.2, 0.25) is 0 Å². The molecule has 0 aromatic carbocycles. The van der Waals surface area contributed by atoms with Crippen LogP contribution in [0.25, 0.3) is 0 Å². The van der Waals surface area contributed by atoms with Crippen LogP contribution in [0.2, 0.25) is 0 Å². The van der Waals surface area contributed by atoms with Gasteiger partial charge in [-0.1, -0.05) is 194 Å². The second-order valence-corrected chi connectivity index (χ2v) is 13.9. The molecule has 284 valence electrons. The van der Waals surface area contributed by atoms with Gasteiger partial charge >= 0.3 is 53.4 Å². The molecule has 0 radical (unpaired) electrons. The maximum absolute atomic E-state index is 12.0. The van der Waals surface area contributed by atoms with E-state index in [1.54, 1.807) is 0 Å². The second kappa shape index (κ2) is 38.4. The fourth-order valence-corrected chi connectivity index (χ4v) is 5.99. The van der Waals surface area contributed by atoms with Gasteiger partial charge < -0.3 is 21.1 Å². The second-order valence-electron chi connectivity index (χ2n) is 13.9. The van der Waals surface area contributed by atoms with Crippen molar-refractivity contribution in [2.45, 2.75) is 232 Å². The number of aliphatic hydroxyl groups is 2. The maximum Gasteiger partial charge on any atom is 1.00 e. The fourth-order valence-electron chi connectivity index (χ4n) is 5.99. The van der Waals surface area contributed by atoms with Crippen LogP contribution in [-0.2, 0) is 28.7 Å². The molecule has 0 aromatic rings.